The van der Waals surface area contributed by atoms with Crippen LogP contribution < -0.4 is 10.6 Å². The number of rotatable bonds is 3. The van der Waals surface area contributed by atoms with Crippen LogP contribution in [-0.2, 0) is 0 Å². The molecule has 1 aliphatic heterocycles. The molecule has 92 valence electrons. The summed E-state index contributed by atoms with van der Waals surface area (Å²) in [7, 11) is 0. The van der Waals surface area contributed by atoms with Gasteiger partial charge in [0.15, 0.2) is 0 Å². The predicted octanol–water partition coefficient (Wildman–Crippen LogP) is 1.99. The van der Waals surface area contributed by atoms with Gasteiger partial charge in [-0.2, -0.15) is 0 Å². The lowest BCUT2D eigenvalue weighted by Gasteiger charge is -2.34. The molecule has 0 bridgehead atoms. The molecule has 0 spiro atoms. The Balaban J connectivity index is 2.15. The first-order chi connectivity index (χ1) is 8.22. The fourth-order valence-electron chi connectivity index (χ4n) is 2.45. The van der Waals surface area contributed by atoms with Gasteiger partial charge in [0, 0.05) is 24.8 Å². The first kappa shape index (κ1) is 11.9. The van der Waals surface area contributed by atoms with Crippen molar-refractivity contribution >= 4 is 11.5 Å². The molecule has 0 amide bonds. The summed E-state index contributed by atoms with van der Waals surface area (Å²) in [6.07, 6.45) is 7.23. The van der Waals surface area contributed by atoms with E-state index in [-0.39, 0.29) is 5.84 Å². The lowest BCUT2D eigenvalue weighted by Crippen LogP contribution is -2.35. The fourth-order valence-corrected chi connectivity index (χ4v) is 2.45. The van der Waals surface area contributed by atoms with Gasteiger partial charge in [0.25, 0.3) is 0 Å². The van der Waals surface area contributed by atoms with E-state index < -0.39 is 0 Å². The van der Waals surface area contributed by atoms with Crippen molar-refractivity contribution in [2.75, 3.05) is 18.0 Å². The Morgan fingerprint density at radius 1 is 1.53 bits per heavy atom. The highest BCUT2D eigenvalue weighted by Crippen LogP contribution is 2.26. The number of piperidine rings is 1. The molecule has 0 aromatic carbocycles. The van der Waals surface area contributed by atoms with E-state index in [2.05, 4.69) is 16.8 Å². The van der Waals surface area contributed by atoms with Crippen LogP contribution in [0.4, 0.5) is 5.69 Å². The van der Waals surface area contributed by atoms with Gasteiger partial charge in [-0.05, 0) is 24.8 Å². The molecule has 3 N–H and O–H groups in total. The minimum absolute atomic E-state index is 0.125. The van der Waals surface area contributed by atoms with Gasteiger partial charge in [-0.15, -0.1) is 0 Å². The molecule has 1 aliphatic rings. The highest BCUT2D eigenvalue weighted by atomic mass is 15.1. The van der Waals surface area contributed by atoms with E-state index in [0.29, 0.717) is 0 Å². The SMILES string of the molecule is CCC1CCN(c2cnccc2C(=N)N)CC1. The number of nitrogens with two attached hydrogens (primary N) is 1. The number of nitrogen functional groups attached to an aromatic ring is 1. The standard InChI is InChI=1S/C13H20N4/c1-2-10-4-7-17(8-5-10)12-9-16-6-3-11(12)13(14)15/h3,6,9-10H,2,4-5,7-8H2,1H3,(H3,14,15). The van der Waals surface area contributed by atoms with Crippen molar-refractivity contribution in [3.8, 4) is 0 Å². The average molecular weight is 232 g/mol. The number of hydrogen-bond acceptors (Lipinski definition) is 3. The Morgan fingerprint density at radius 2 is 2.24 bits per heavy atom. The summed E-state index contributed by atoms with van der Waals surface area (Å²) in [5.41, 5.74) is 7.41. The number of anilines is 1. The number of amidine groups is 1. The smallest absolute Gasteiger partial charge is 0.125 e. The number of nitrogens with one attached hydrogen (secondary N) is 1. The second-order valence-corrected chi connectivity index (χ2v) is 4.65. The van der Waals surface area contributed by atoms with Crippen molar-refractivity contribution in [3.05, 3.63) is 24.0 Å². The maximum absolute atomic E-state index is 7.59. The lowest BCUT2D eigenvalue weighted by molar-refractivity contribution is 0.395. The van der Waals surface area contributed by atoms with Crippen LogP contribution >= 0.6 is 0 Å². The molecule has 0 atom stereocenters. The molecule has 2 heterocycles. The molecule has 0 saturated carbocycles. The third-order valence-corrected chi connectivity index (χ3v) is 3.62. The van der Waals surface area contributed by atoms with Crippen LogP contribution in [0.5, 0.6) is 0 Å². The summed E-state index contributed by atoms with van der Waals surface area (Å²) in [6, 6.07) is 1.82. The summed E-state index contributed by atoms with van der Waals surface area (Å²) in [5.74, 6) is 0.976. The molecule has 1 aromatic heterocycles. The first-order valence-electron chi connectivity index (χ1n) is 6.25. The minimum Gasteiger partial charge on any atom is -0.384 e. The number of hydrogen-bond donors (Lipinski definition) is 2. The van der Waals surface area contributed by atoms with E-state index >= 15 is 0 Å². The van der Waals surface area contributed by atoms with Crippen LogP contribution in [0, 0.1) is 11.3 Å². The normalized spacial score (nSPS) is 17.1. The zero-order valence-corrected chi connectivity index (χ0v) is 10.3. The van der Waals surface area contributed by atoms with Crippen LogP contribution in [0.2, 0.25) is 0 Å². The van der Waals surface area contributed by atoms with Crippen LogP contribution in [0.25, 0.3) is 0 Å². The highest BCUT2D eigenvalue weighted by Gasteiger charge is 2.20. The fraction of sp³-hybridized carbons (Fsp3) is 0.538. The monoisotopic (exact) mass is 232 g/mol. The molecule has 0 unspecified atom stereocenters. The second-order valence-electron chi connectivity index (χ2n) is 4.65. The number of aromatic nitrogens is 1. The van der Waals surface area contributed by atoms with Gasteiger partial charge in [-0.3, -0.25) is 10.4 Å². The van der Waals surface area contributed by atoms with Gasteiger partial charge in [0.1, 0.15) is 5.84 Å². The molecule has 4 nitrogen and oxygen atoms in total. The van der Waals surface area contributed by atoms with Gasteiger partial charge in [0.05, 0.1) is 11.9 Å². The maximum atomic E-state index is 7.59. The van der Waals surface area contributed by atoms with Crippen molar-refractivity contribution < 1.29 is 0 Å². The van der Waals surface area contributed by atoms with Crippen molar-refractivity contribution in [3.63, 3.8) is 0 Å². The van der Waals surface area contributed by atoms with Crippen LogP contribution in [0.15, 0.2) is 18.5 Å². The van der Waals surface area contributed by atoms with Crippen LogP contribution in [0.3, 0.4) is 0 Å². The Labute approximate surface area is 102 Å². The predicted molar refractivity (Wildman–Crippen MR) is 70.5 cm³/mol. The molecular formula is C13H20N4. The Hall–Kier alpha value is -1.58. The van der Waals surface area contributed by atoms with E-state index in [1.54, 1.807) is 6.20 Å². The van der Waals surface area contributed by atoms with Gasteiger partial charge in [0.2, 0.25) is 0 Å². The van der Waals surface area contributed by atoms with Crippen molar-refractivity contribution in [2.45, 2.75) is 26.2 Å². The van der Waals surface area contributed by atoms with Crippen molar-refractivity contribution in [1.82, 2.24) is 4.98 Å². The van der Waals surface area contributed by atoms with Crippen LogP contribution in [0.1, 0.15) is 31.7 Å². The molecule has 2 rings (SSSR count). The Morgan fingerprint density at radius 3 is 2.82 bits per heavy atom. The number of pyridine rings is 1. The summed E-state index contributed by atoms with van der Waals surface area (Å²) in [4.78, 5) is 6.45. The molecule has 4 heteroatoms. The Bertz CT molecular complexity index is 394. The maximum Gasteiger partial charge on any atom is 0.125 e. The van der Waals surface area contributed by atoms with Gasteiger partial charge in [-0.25, -0.2) is 0 Å². The van der Waals surface area contributed by atoms with E-state index in [1.807, 2.05) is 12.3 Å². The topological polar surface area (TPSA) is 66.0 Å². The highest BCUT2D eigenvalue weighted by molar-refractivity contribution is 6.00. The zero-order valence-electron chi connectivity index (χ0n) is 10.3. The summed E-state index contributed by atoms with van der Waals surface area (Å²) >= 11 is 0. The Kier molecular flexibility index (Phi) is 3.61. The van der Waals surface area contributed by atoms with Gasteiger partial charge in [-0.1, -0.05) is 13.3 Å². The number of nitrogens with zero attached hydrogens (tertiary/aromatic N) is 2. The summed E-state index contributed by atoms with van der Waals surface area (Å²) < 4.78 is 0. The second kappa shape index (κ2) is 5.17. The quantitative estimate of drug-likeness (QED) is 0.618. The van der Waals surface area contributed by atoms with Crippen molar-refractivity contribution in [1.29, 1.82) is 5.41 Å². The van der Waals surface area contributed by atoms with Crippen LogP contribution in [-0.4, -0.2) is 23.9 Å². The van der Waals surface area contributed by atoms with Gasteiger partial charge < -0.3 is 10.6 Å². The lowest BCUT2D eigenvalue weighted by atomic mass is 9.94. The van der Waals surface area contributed by atoms with Gasteiger partial charge >= 0.3 is 0 Å². The third kappa shape index (κ3) is 2.57. The molecule has 17 heavy (non-hydrogen) atoms. The molecule has 0 aliphatic carbocycles. The minimum atomic E-state index is 0.125. The third-order valence-electron chi connectivity index (χ3n) is 3.62. The van der Waals surface area contributed by atoms with E-state index in [4.69, 9.17) is 11.1 Å². The molecule has 1 fully saturated rings. The van der Waals surface area contributed by atoms with Crippen molar-refractivity contribution in [2.24, 2.45) is 11.7 Å². The molecule has 0 radical (unpaired) electrons. The average Bonchev–Trinajstić information content (AvgIpc) is 2.39. The summed E-state index contributed by atoms with van der Waals surface area (Å²) in [5, 5.41) is 7.59. The molecule has 1 saturated heterocycles. The summed E-state index contributed by atoms with van der Waals surface area (Å²) in [6.45, 7) is 4.35. The molecule has 1 aromatic rings. The molecular weight excluding hydrogens is 212 g/mol. The first-order valence-corrected chi connectivity index (χ1v) is 6.25. The van der Waals surface area contributed by atoms with E-state index in [0.717, 1.165) is 30.3 Å². The zero-order chi connectivity index (χ0) is 12.3. The van der Waals surface area contributed by atoms with E-state index in [9.17, 15) is 0 Å². The van der Waals surface area contributed by atoms with E-state index in [1.165, 1.54) is 19.3 Å². The largest absolute Gasteiger partial charge is 0.384 e.